The predicted molar refractivity (Wildman–Crippen MR) is 104 cm³/mol. The number of aryl methyl sites for hydroxylation is 1. The van der Waals surface area contributed by atoms with Crippen molar-refractivity contribution < 1.29 is 18.8 Å². The van der Waals surface area contributed by atoms with E-state index in [0.717, 1.165) is 28.9 Å². The van der Waals surface area contributed by atoms with Gasteiger partial charge in [-0.1, -0.05) is 36.4 Å². The smallest absolute Gasteiger partial charge is 0.325 e. The molecule has 0 saturated carbocycles. The van der Waals surface area contributed by atoms with Crippen LogP contribution in [0.3, 0.4) is 0 Å². The van der Waals surface area contributed by atoms with Crippen LogP contribution in [0.2, 0.25) is 0 Å². The Morgan fingerprint density at radius 2 is 2.00 bits per heavy atom. The summed E-state index contributed by atoms with van der Waals surface area (Å²) in [5.74, 6) is -1.16. The molecule has 0 bridgehead atoms. The second-order valence-corrected chi connectivity index (χ2v) is 7.62. The third kappa shape index (κ3) is 3.37. The van der Waals surface area contributed by atoms with Gasteiger partial charge in [0.1, 0.15) is 17.9 Å². The van der Waals surface area contributed by atoms with Gasteiger partial charge in [-0.2, -0.15) is 0 Å². The first-order valence-corrected chi connectivity index (χ1v) is 9.61. The molecule has 1 atom stereocenters. The zero-order chi connectivity index (χ0) is 20.6. The Labute approximate surface area is 168 Å². The Hall–Kier alpha value is -3.22. The molecule has 1 heterocycles. The van der Waals surface area contributed by atoms with Crippen molar-refractivity contribution in [3.63, 3.8) is 0 Å². The lowest BCUT2D eigenvalue weighted by atomic mass is 9.76. The van der Waals surface area contributed by atoms with E-state index in [4.69, 9.17) is 0 Å². The fourth-order valence-corrected chi connectivity index (χ4v) is 4.21. The summed E-state index contributed by atoms with van der Waals surface area (Å²) < 4.78 is 13.4. The minimum atomic E-state index is -1.09. The van der Waals surface area contributed by atoms with Gasteiger partial charge in [0.15, 0.2) is 0 Å². The van der Waals surface area contributed by atoms with E-state index in [-0.39, 0.29) is 30.7 Å². The standard InChI is InChI=1S/C22H22FN3O3/c1-25(13-15-6-4-9-17(23)12-15)19(27)14-26-20(28)22(24-21(26)29)11-5-8-16-7-2-3-10-18(16)22/h2-4,6-7,9-10,12H,5,8,11,13-14H2,1H3,(H,24,29). The Morgan fingerprint density at radius 1 is 1.21 bits per heavy atom. The van der Waals surface area contributed by atoms with E-state index in [1.165, 1.54) is 17.0 Å². The van der Waals surface area contributed by atoms with Crippen LogP contribution >= 0.6 is 0 Å². The number of nitrogens with zero attached hydrogens (tertiary/aromatic N) is 2. The third-order valence-electron chi connectivity index (χ3n) is 5.68. The molecule has 2 aromatic rings. The van der Waals surface area contributed by atoms with Crippen molar-refractivity contribution in [3.05, 3.63) is 71.0 Å². The topological polar surface area (TPSA) is 69.7 Å². The van der Waals surface area contributed by atoms with Gasteiger partial charge < -0.3 is 10.2 Å². The lowest BCUT2D eigenvalue weighted by Crippen LogP contribution is -2.47. The number of urea groups is 1. The van der Waals surface area contributed by atoms with E-state index in [1.54, 1.807) is 19.2 Å². The number of nitrogens with one attached hydrogen (secondary N) is 1. The van der Waals surface area contributed by atoms with E-state index in [2.05, 4.69) is 5.32 Å². The molecule has 2 aliphatic rings. The molecule has 0 radical (unpaired) electrons. The number of benzene rings is 2. The molecule has 1 spiro atoms. The maximum atomic E-state index is 13.4. The van der Waals surface area contributed by atoms with Crippen molar-refractivity contribution >= 4 is 17.8 Å². The summed E-state index contributed by atoms with van der Waals surface area (Å²) >= 11 is 0. The van der Waals surface area contributed by atoms with Gasteiger partial charge in [0, 0.05) is 13.6 Å². The van der Waals surface area contributed by atoms with Gasteiger partial charge in [0.25, 0.3) is 5.91 Å². The molecular weight excluding hydrogens is 373 g/mol. The minimum absolute atomic E-state index is 0.189. The number of rotatable bonds is 4. The normalized spacial score (nSPS) is 20.6. The second kappa shape index (κ2) is 7.31. The lowest BCUT2D eigenvalue weighted by Gasteiger charge is -2.33. The maximum absolute atomic E-state index is 13.4. The number of amides is 4. The fourth-order valence-electron chi connectivity index (χ4n) is 4.21. The highest BCUT2D eigenvalue weighted by Crippen LogP contribution is 2.39. The van der Waals surface area contributed by atoms with Crippen LogP contribution in [0.1, 0.15) is 29.5 Å². The number of hydrogen-bond donors (Lipinski definition) is 1. The van der Waals surface area contributed by atoms with Gasteiger partial charge >= 0.3 is 6.03 Å². The summed E-state index contributed by atoms with van der Waals surface area (Å²) in [5.41, 5.74) is 1.40. The summed E-state index contributed by atoms with van der Waals surface area (Å²) in [6, 6.07) is 13.0. The summed E-state index contributed by atoms with van der Waals surface area (Å²) in [4.78, 5) is 40.9. The first-order chi connectivity index (χ1) is 13.9. The van der Waals surface area contributed by atoms with Gasteiger partial charge in [-0.3, -0.25) is 14.5 Å². The molecule has 1 aliphatic carbocycles. The molecule has 6 nitrogen and oxygen atoms in total. The van der Waals surface area contributed by atoms with Gasteiger partial charge in [0.05, 0.1) is 0 Å². The van der Waals surface area contributed by atoms with E-state index >= 15 is 0 Å². The van der Waals surface area contributed by atoms with Crippen LogP contribution in [0.5, 0.6) is 0 Å². The van der Waals surface area contributed by atoms with Gasteiger partial charge in [0.2, 0.25) is 5.91 Å². The number of carbonyl (C=O) groups excluding carboxylic acids is 3. The zero-order valence-electron chi connectivity index (χ0n) is 16.2. The molecule has 7 heteroatoms. The molecular formula is C22H22FN3O3. The monoisotopic (exact) mass is 395 g/mol. The minimum Gasteiger partial charge on any atom is -0.340 e. The fraction of sp³-hybridized carbons (Fsp3) is 0.318. The number of carbonyl (C=O) groups is 3. The van der Waals surface area contributed by atoms with Gasteiger partial charge in [-0.05, 0) is 48.1 Å². The highest BCUT2D eigenvalue weighted by molar-refractivity contribution is 6.09. The molecule has 4 rings (SSSR count). The summed E-state index contributed by atoms with van der Waals surface area (Å²) in [6.07, 6.45) is 2.15. The van der Waals surface area contributed by atoms with Crippen LogP contribution in [-0.2, 0) is 28.1 Å². The second-order valence-electron chi connectivity index (χ2n) is 7.62. The Bertz CT molecular complexity index is 993. The molecule has 1 unspecified atom stereocenters. The molecule has 1 saturated heterocycles. The summed E-state index contributed by atoms with van der Waals surface area (Å²) in [5, 5.41) is 2.84. The van der Waals surface area contributed by atoms with Gasteiger partial charge in [-0.15, -0.1) is 0 Å². The van der Waals surface area contributed by atoms with E-state index in [1.807, 2.05) is 24.3 Å². The molecule has 1 fully saturated rings. The molecule has 150 valence electrons. The van der Waals surface area contributed by atoms with Crippen LogP contribution in [-0.4, -0.2) is 41.2 Å². The average Bonchev–Trinajstić information content (AvgIpc) is 2.93. The molecule has 4 amide bonds. The van der Waals surface area contributed by atoms with Gasteiger partial charge in [-0.25, -0.2) is 9.18 Å². The van der Waals surface area contributed by atoms with E-state index in [9.17, 15) is 18.8 Å². The highest BCUT2D eigenvalue weighted by atomic mass is 19.1. The van der Waals surface area contributed by atoms with Crippen LogP contribution in [0, 0.1) is 5.82 Å². The Balaban J connectivity index is 1.51. The van der Waals surface area contributed by atoms with Crippen LogP contribution in [0.15, 0.2) is 48.5 Å². The SMILES string of the molecule is CN(Cc1cccc(F)c1)C(=O)CN1C(=O)NC2(CCCc3ccccc32)C1=O. The largest absolute Gasteiger partial charge is 0.340 e. The van der Waals surface area contributed by atoms with E-state index < -0.39 is 11.6 Å². The van der Waals surface area contributed by atoms with Crippen molar-refractivity contribution in [1.82, 2.24) is 15.1 Å². The maximum Gasteiger partial charge on any atom is 0.325 e. The lowest BCUT2D eigenvalue weighted by molar-refractivity contribution is -0.139. The molecule has 0 aromatic heterocycles. The Morgan fingerprint density at radius 3 is 2.79 bits per heavy atom. The number of fused-ring (bicyclic) bond motifs is 2. The quantitative estimate of drug-likeness (QED) is 0.809. The predicted octanol–water partition coefficient (Wildman–Crippen LogP) is 2.57. The molecule has 29 heavy (non-hydrogen) atoms. The highest BCUT2D eigenvalue weighted by Gasteiger charge is 2.54. The van der Waals surface area contributed by atoms with Crippen molar-refractivity contribution in [2.75, 3.05) is 13.6 Å². The van der Waals surface area contributed by atoms with Crippen LogP contribution in [0.25, 0.3) is 0 Å². The van der Waals surface area contributed by atoms with Crippen LogP contribution in [0.4, 0.5) is 9.18 Å². The average molecular weight is 395 g/mol. The third-order valence-corrected chi connectivity index (χ3v) is 5.68. The van der Waals surface area contributed by atoms with Crippen molar-refractivity contribution in [2.45, 2.75) is 31.3 Å². The number of likely N-dealkylation sites (N-methyl/N-ethyl adjacent to an activating group) is 1. The number of imide groups is 1. The van der Waals surface area contributed by atoms with Crippen molar-refractivity contribution in [2.24, 2.45) is 0 Å². The Kier molecular flexibility index (Phi) is 4.82. The number of hydrogen-bond acceptors (Lipinski definition) is 3. The zero-order valence-corrected chi connectivity index (χ0v) is 16.2. The first-order valence-electron chi connectivity index (χ1n) is 9.61. The molecule has 1 N–H and O–H groups in total. The van der Waals surface area contributed by atoms with Crippen molar-refractivity contribution in [1.29, 1.82) is 0 Å². The van der Waals surface area contributed by atoms with E-state index in [0.29, 0.717) is 12.0 Å². The summed E-state index contributed by atoms with van der Waals surface area (Å²) in [6.45, 7) is -0.158. The molecule has 2 aromatic carbocycles. The van der Waals surface area contributed by atoms with Crippen molar-refractivity contribution in [3.8, 4) is 0 Å². The van der Waals surface area contributed by atoms with Crippen LogP contribution < -0.4 is 5.32 Å². The molecule has 1 aliphatic heterocycles. The number of halogens is 1. The first kappa shape index (κ1) is 19.1. The summed E-state index contributed by atoms with van der Waals surface area (Å²) in [7, 11) is 1.57.